The highest BCUT2D eigenvalue weighted by Gasteiger charge is 2.23. The number of fused-ring (bicyclic) bond motifs is 1. The summed E-state index contributed by atoms with van der Waals surface area (Å²) in [5.74, 6) is 0.637. The van der Waals surface area contributed by atoms with Crippen LogP contribution in [0.25, 0.3) is 26.1 Å². The molecule has 0 radical (unpaired) electrons. The minimum atomic E-state index is 0.637. The normalized spacial score (nSPS) is 15.7. The van der Waals surface area contributed by atoms with E-state index in [1.807, 2.05) is 6.07 Å². The van der Waals surface area contributed by atoms with Crippen molar-refractivity contribution in [1.82, 2.24) is 14.6 Å². The third kappa shape index (κ3) is 2.98. The summed E-state index contributed by atoms with van der Waals surface area (Å²) in [5.41, 5.74) is 3.48. The number of thiophene rings is 1. The smallest absolute Gasteiger partial charge is 0.213 e. The molecule has 4 heterocycles. The van der Waals surface area contributed by atoms with E-state index in [0.29, 0.717) is 5.92 Å². The Hall–Kier alpha value is -2.02. The summed E-state index contributed by atoms with van der Waals surface area (Å²) in [5, 5.41) is 8.06. The second-order valence-corrected chi connectivity index (χ2v) is 8.52. The molecular weight excluding hydrogens is 362 g/mol. The number of hydrogen-bond acceptors (Lipinski definition) is 5. The summed E-state index contributed by atoms with van der Waals surface area (Å²) >= 11 is 3.40. The number of hydrogen-bond donors (Lipinski definition) is 0. The summed E-state index contributed by atoms with van der Waals surface area (Å²) in [6, 6.07) is 14.7. The van der Waals surface area contributed by atoms with Gasteiger partial charge in [-0.15, -0.1) is 11.3 Å². The molecule has 1 aliphatic heterocycles. The Balaban J connectivity index is 1.61. The van der Waals surface area contributed by atoms with Crippen LogP contribution in [0.15, 0.2) is 47.8 Å². The van der Waals surface area contributed by atoms with Crippen molar-refractivity contribution in [3.63, 3.8) is 0 Å². The third-order valence-electron chi connectivity index (χ3n) is 4.90. The zero-order valence-electron chi connectivity index (χ0n) is 14.3. The average Bonchev–Trinajstić information content (AvgIpc) is 3.40. The fraction of sp³-hybridized carbons (Fsp3) is 0.300. The van der Waals surface area contributed by atoms with Crippen molar-refractivity contribution in [2.45, 2.75) is 19.3 Å². The quantitative estimate of drug-likeness (QED) is 0.490. The molecule has 0 saturated carbocycles. The Kier molecular flexibility index (Phi) is 4.32. The summed E-state index contributed by atoms with van der Waals surface area (Å²) in [6.07, 6.45) is 3.23. The number of benzene rings is 1. The third-order valence-corrected chi connectivity index (χ3v) is 6.85. The van der Waals surface area contributed by atoms with Gasteiger partial charge in [-0.25, -0.2) is 9.50 Å². The Morgan fingerprint density at radius 3 is 2.69 bits per heavy atom. The molecule has 0 N–H and O–H groups in total. The molecule has 0 bridgehead atoms. The van der Waals surface area contributed by atoms with Crippen LogP contribution in [-0.4, -0.2) is 27.8 Å². The van der Waals surface area contributed by atoms with Gasteiger partial charge in [0, 0.05) is 18.8 Å². The lowest BCUT2D eigenvalue weighted by molar-refractivity contribution is 0.0662. The van der Waals surface area contributed by atoms with Gasteiger partial charge in [0.1, 0.15) is 0 Å². The molecule has 1 aromatic carbocycles. The Bertz CT molecular complexity index is 999. The minimum absolute atomic E-state index is 0.637. The van der Waals surface area contributed by atoms with Crippen molar-refractivity contribution < 1.29 is 4.74 Å². The zero-order valence-corrected chi connectivity index (χ0v) is 15.9. The molecule has 6 heteroatoms. The lowest BCUT2D eigenvalue weighted by atomic mass is 9.93. The molecule has 0 aliphatic carbocycles. The number of rotatable bonds is 4. The van der Waals surface area contributed by atoms with Crippen LogP contribution >= 0.6 is 22.7 Å². The van der Waals surface area contributed by atoms with Crippen LogP contribution in [0.3, 0.4) is 0 Å². The highest BCUT2D eigenvalue weighted by atomic mass is 32.1. The van der Waals surface area contributed by atoms with Gasteiger partial charge in [-0.3, -0.25) is 0 Å². The molecule has 0 amide bonds. The van der Waals surface area contributed by atoms with Crippen molar-refractivity contribution >= 4 is 27.6 Å². The molecule has 132 valence electrons. The first-order chi connectivity index (χ1) is 12.9. The monoisotopic (exact) mass is 381 g/mol. The van der Waals surface area contributed by atoms with E-state index in [-0.39, 0.29) is 0 Å². The second-order valence-electron chi connectivity index (χ2n) is 6.61. The average molecular weight is 382 g/mol. The summed E-state index contributed by atoms with van der Waals surface area (Å²) in [7, 11) is 0. The standard InChI is InChI=1S/C20H19N3OS2/c1-2-5-15(6-3-1)18-16(13-14-8-10-24-11-9-14)23-20(21-18)26-19(22-23)17-7-4-12-25-17/h1-7,12,14H,8-11,13H2. The molecule has 0 unspecified atom stereocenters. The van der Waals surface area contributed by atoms with Crippen molar-refractivity contribution in [3.8, 4) is 21.1 Å². The lowest BCUT2D eigenvalue weighted by Crippen LogP contribution is -2.18. The van der Waals surface area contributed by atoms with E-state index in [2.05, 4.69) is 46.3 Å². The van der Waals surface area contributed by atoms with Gasteiger partial charge in [-0.05, 0) is 36.6 Å². The van der Waals surface area contributed by atoms with Crippen molar-refractivity contribution in [1.29, 1.82) is 0 Å². The number of imidazole rings is 1. The van der Waals surface area contributed by atoms with Gasteiger partial charge in [0.15, 0.2) is 5.01 Å². The van der Waals surface area contributed by atoms with Crippen molar-refractivity contribution in [2.75, 3.05) is 13.2 Å². The second kappa shape index (κ2) is 6.95. The minimum Gasteiger partial charge on any atom is -0.381 e. The molecule has 1 aliphatic rings. The van der Waals surface area contributed by atoms with Crippen LogP contribution < -0.4 is 0 Å². The fourth-order valence-corrected chi connectivity index (χ4v) is 5.23. The Labute approximate surface area is 160 Å². The molecule has 5 rings (SSSR count). The van der Waals surface area contributed by atoms with Gasteiger partial charge in [-0.1, -0.05) is 47.7 Å². The first kappa shape index (κ1) is 16.2. The summed E-state index contributed by atoms with van der Waals surface area (Å²) in [4.78, 5) is 7.16. The Morgan fingerprint density at radius 1 is 1.08 bits per heavy atom. The fourth-order valence-electron chi connectivity index (χ4n) is 3.52. The van der Waals surface area contributed by atoms with Gasteiger partial charge < -0.3 is 4.74 Å². The first-order valence-corrected chi connectivity index (χ1v) is 10.6. The molecule has 3 aromatic heterocycles. The molecule has 26 heavy (non-hydrogen) atoms. The molecule has 1 fully saturated rings. The SMILES string of the molecule is c1ccc(-c2nc3sc(-c4cccs4)nn3c2CC2CCOCC2)cc1. The van der Waals surface area contributed by atoms with Crippen LogP contribution in [0.5, 0.6) is 0 Å². The summed E-state index contributed by atoms with van der Waals surface area (Å²) < 4.78 is 7.62. The van der Waals surface area contributed by atoms with Crippen LogP contribution in [0, 0.1) is 5.92 Å². The van der Waals surface area contributed by atoms with E-state index in [1.54, 1.807) is 22.7 Å². The van der Waals surface area contributed by atoms with Crippen LogP contribution in [0.2, 0.25) is 0 Å². The van der Waals surface area contributed by atoms with Gasteiger partial charge in [0.2, 0.25) is 4.96 Å². The van der Waals surface area contributed by atoms with Gasteiger partial charge in [-0.2, -0.15) is 5.10 Å². The summed E-state index contributed by atoms with van der Waals surface area (Å²) in [6.45, 7) is 1.73. The van der Waals surface area contributed by atoms with E-state index in [0.717, 1.165) is 48.1 Å². The van der Waals surface area contributed by atoms with Crippen molar-refractivity contribution in [3.05, 3.63) is 53.5 Å². The van der Waals surface area contributed by atoms with Crippen LogP contribution in [0.1, 0.15) is 18.5 Å². The number of nitrogens with zero attached hydrogens (tertiary/aromatic N) is 3. The van der Waals surface area contributed by atoms with Gasteiger partial charge in [0.25, 0.3) is 0 Å². The Morgan fingerprint density at radius 2 is 1.92 bits per heavy atom. The maximum atomic E-state index is 5.54. The van der Waals surface area contributed by atoms with E-state index < -0.39 is 0 Å². The van der Waals surface area contributed by atoms with E-state index in [1.165, 1.54) is 16.1 Å². The molecule has 0 spiro atoms. The highest BCUT2D eigenvalue weighted by Crippen LogP contribution is 2.34. The first-order valence-electron chi connectivity index (χ1n) is 8.94. The lowest BCUT2D eigenvalue weighted by Gasteiger charge is -2.21. The van der Waals surface area contributed by atoms with E-state index >= 15 is 0 Å². The highest BCUT2D eigenvalue weighted by molar-refractivity contribution is 7.23. The van der Waals surface area contributed by atoms with Crippen LogP contribution in [-0.2, 0) is 11.2 Å². The van der Waals surface area contributed by atoms with E-state index in [9.17, 15) is 0 Å². The largest absolute Gasteiger partial charge is 0.381 e. The zero-order chi connectivity index (χ0) is 17.3. The molecular formula is C20H19N3OS2. The van der Waals surface area contributed by atoms with Gasteiger partial charge in [0.05, 0.1) is 16.3 Å². The number of aromatic nitrogens is 3. The van der Waals surface area contributed by atoms with Crippen molar-refractivity contribution in [2.24, 2.45) is 5.92 Å². The predicted octanol–water partition coefficient (Wildman–Crippen LogP) is 5.16. The van der Waals surface area contributed by atoms with Crippen LogP contribution in [0.4, 0.5) is 0 Å². The molecule has 4 aromatic rings. The maximum Gasteiger partial charge on any atom is 0.213 e. The molecule has 0 atom stereocenters. The number of ether oxygens (including phenoxy) is 1. The maximum absolute atomic E-state index is 5.54. The van der Waals surface area contributed by atoms with E-state index in [4.69, 9.17) is 14.8 Å². The molecule has 1 saturated heterocycles. The predicted molar refractivity (Wildman–Crippen MR) is 107 cm³/mol. The molecule has 4 nitrogen and oxygen atoms in total. The topological polar surface area (TPSA) is 39.4 Å². The van der Waals surface area contributed by atoms with Gasteiger partial charge >= 0.3 is 0 Å².